The Hall–Kier alpha value is -4.65. The molecule has 1 amide bonds. The summed E-state index contributed by atoms with van der Waals surface area (Å²) in [5.74, 6) is 3.21. The number of hydrogen-bond acceptors (Lipinski definition) is 5. The third-order valence-corrected chi connectivity index (χ3v) is 11.0. The van der Waals surface area contributed by atoms with Crippen LogP contribution in [0.15, 0.2) is 78.1 Å². The summed E-state index contributed by atoms with van der Waals surface area (Å²) in [5, 5.41) is 5.36. The van der Waals surface area contributed by atoms with Gasteiger partial charge in [0.15, 0.2) is 0 Å². The number of allylic oxidation sites excluding steroid dienone is 1. The number of methoxy groups -OCH3 is 1. The Labute approximate surface area is 371 Å². The van der Waals surface area contributed by atoms with E-state index in [4.69, 9.17) is 14.7 Å². The molecule has 4 aromatic rings. The molecule has 0 saturated carbocycles. The van der Waals surface area contributed by atoms with Gasteiger partial charge in [0.2, 0.25) is 0 Å². The number of nitrogens with zero attached hydrogens (tertiary/aromatic N) is 2. The first kappa shape index (κ1) is 52.5. The van der Waals surface area contributed by atoms with Gasteiger partial charge >= 0.3 is 6.09 Å². The molecule has 1 aliphatic rings. The zero-order chi connectivity index (χ0) is 46.0. The van der Waals surface area contributed by atoms with Gasteiger partial charge < -0.3 is 19.8 Å². The van der Waals surface area contributed by atoms with Crippen molar-refractivity contribution in [2.45, 2.75) is 173 Å². The number of carbonyl (C=O) groups is 1. The van der Waals surface area contributed by atoms with Crippen LogP contribution in [0.2, 0.25) is 0 Å². The van der Waals surface area contributed by atoms with Crippen molar-refractivity contribution in [3.05, 3.63) is 95.7 Å². The highest BCUT2D eigenvalue weighted by atomic mass is 16.5. The number of nitrogens with one attached hydrogen (secondary N) is 2. The Kier molecular flexibility index (Phi) is 21.8. The fourth-order valence-electron chi connectivity index (χ4n) is 7.68. The molecule has 1 aromatic heterocycles. The first-order valence-electron chi connectivity index (χ1n) is 22.9. The summed E-state index contributed by atoms with van der Waals surface area (Å²) in [5.41, 5.74) is 12.5. The van der Waals surface area contributed by atoms with Crippen molar-refractivity contribution in [2.75, 3.05) is 7.11 Å². The lowest BCUT2D eigenvalue weighted by Gasteiger charge is -2.23. The van der Waals surface area contributed by atoms with Gasteiger partial charge in [-0.05, 0) is 131 Å². The van der Waals surface area contributed by atoms with Gasteiger partial charge in [0, 0.05) is 17.0 Å². The summed E-state index contributed by atoms with van der Waals surface area (Å²) in [6, 6.07) is 16.2. The number of aromatic amines is 1. The molecule has 0 fully saturated rings. The van der Waals surface area contributed by atoms with Crippen molar-refractivity contribution in [2.24, 2.45) is 16.8 Å². The smallest absolute Gasteiger partial charge is 0.407 e. The van der Waals surface area contributed by atoms with Crippen LogP contribution in [0.5, 0.6) is 0 Å². The molecule has 3 atom stereocenters. The van der Waals surface area contributed by atoms with Crippen molar-refractivity contribution in [1.82, 2.24) is 15.3 Å². The molecule has 3 aromatic carbocycles. The van der Waals surface area contributed by atoms with Crippen LogP contribution in [0.3, 0.4) is 0 Å². The Morgan fingerprint density at radius 2 is 1.52 bits per heavy atom. The number of alkyl carbamates (subject to hydrolysis) is 1. The Morgan fingerprint density at radius 3 is 2.08 bits per heavy atom. The van der Waals surface area contributed by atoms with Crippen LogP contribution in [0.1, 0.15) is 164 Å². The second-order valence-electron chi connectivity index (χ2n) is 17.9. The number of unbranched alkanes of at least 4 members (excludes halogenated alkanes) is 2. The van der Waals surface area contributed by atoms with Crippen LogP contribution in [-0.4, -0.2) is 40.5 Å². The second-order valence-corrected chi connectivity index (χ2v) is 17.9. The monoisotopic (exact) mass is 835 g/mol. The average molecular weight is 835 g/mol. The summed E-state index contributed by atoms with van der Waals surface area (Å²) >= 11 is 0. The van der Waals surface area contributed by atoms with Crippen LogP contribution in [0.25, 0.3) is 33.2 Å². The lowest BCUT2D eigenvalue weighted by molar-refractivity contribution is 0.0544. The highest BCUT2D eigenvalue weighted by Gasteiger charge is 2.21. The number of imidazole rings is 1. The predicted molar refractivity (Wildman–Crippen MR) is 264 cm³/mol. The minimum atomic E-state index is -0.406. The standard InChI is InChI=1S/C36H45N3.C9H17NO2.C7H14O.C2H6/c1-7-9-11-23(3)26(6)38-35-24(4)13-16-32-31-18-14-27-21-28(15-17-29(27)30(31)19-20-33(32)35)34-22-37-36(39-34)25(5)12-10-8-2;1-6(2)8(7(3)4)10-9(11)12-5;1-6(2)8-7(3,4)5;1-2/h13,15-17,19-23,25H,7-12,14,18H2,1-6H3,(H,37,39);7-8H,1H2,2-5H3,(H,10,11);1H2,2-5H3;1-2H3/t23?,25-;;;/m0.../s1. The van der Waals surface area contributed by atoms with Crippen LogP contribution < -0.4 is 5.32 Å². The second kappa shape index (κ2) is 25.3. The maximum Gasteiger partial charge on any atom is 0.407 e. The summed E-state index contributed by atoms with van der Waals surface area (Å²) in [6.07, 6.45) is 11.1. The number of amides is 1. The number of ether oxygens (including phenoxy) is 2. The Balaban J connectivity index is 0.000000481. The number of fused-ring (bicyclic) bond motifs is 5. The zero-order valence-corrected chi connectivity index (χ0v) is 41.1. The normalized spacial score (nSPS) is 13.4. The van der Waals surface area contributed by atoms with E-state index in [0.717, 1.165) is 41.4 Å². The van der Waals surface area contributed by atoms with Gasteiger partial charge in [-0.2, -0.15) is 0 Å². The maximum absolute atomic E-state index is 10.9. The molecule has 7 heteroatoms. The van der Waals surface area contributed by atoms with Gasteiger partial charge in [-0.3, -0.25) is 4.99 Å². The van der Waals surface area contributed by atoms with Crippen molar-refractivity contribution in [1.29, 1.82) is 0 Å². The van der Waals surface area contributed by atoms with E-state index in [1.807, 2.05) is 68.5 Å². The van der Waals surface area contributed by atoms with E-state index in [1.54, 1.807) is 0 Å². The van der Waals surface area contributed by atoms with Gasteiger partial charge in [-0.1, -0.05) is 136 Å². The van der Waals surface area contributed by atoms with Crippen molar-refractivity contribution in [3.63, 3.8) is 0 Å². The third kappa shape index (κ3) is 16.0. The van der Waals surface area contributed by atoms with E-state index >= 15 is 0 Å². The molecular weight excluding hydrogens is 753 g/mol. The molecular formula is C54H82N4O3. The van der Waals surface area contributed by atoms with Gasteiger partial charge in [0.1, 0.15) is 11.4 Å². The highest BCUT2D eigenvalue weighted by Crippen LogP contribution is 2.42. The van der Waals surface area contributed by atoms with Crippen LogP contribution >= 0.6 is 0 Å². The van der Waals surface area contributed by atoms with E-state index < -0.39 is 6.09 Å². The molecule has 1 heterocycles. The third-order valence-electron chi connectivity index (χ3n) is 11.0. The lowest BCUT2D eigenvalue weighted by Crippen LogP contribution is -2.39. The van der Waals surface area contributed by atoms with Gasteiger partial charge in [0.05, 0.1) is 36.5 Å². The first-order chi connectivity index (χ1) is 28.8. The lowest BCUT2D eigenvalue weighted by atomic mass is 9.82. The molecule has 2 N–H and O–H groups in total. The number of aromatic nitrogens is 2. The quantitative estimate of drug-likeness (QED) is 0.0752. The van der Waals surface area contributed by atoms with Crippen molar-refractivity contribution in [3.8, 4) is 22.4 Å². The molecule has 1 aliphatic carbocycles. The SMILES string of the molecule is C=C(C)C(NC(=O)OC)C(C)C.C=C(C)OC(C)(C)C.CC.CCCCC(C)C(C)=Nc1c(C)ccc2c3c(ccc12)-c1ccc(-c2cnc([C@@H](C)CCCC)[nH]2)cc1CC3. The molecule has 0 saturated heterocycles. The number of aliphatic imine (C=N–C) groups is 1. The molecule has 336 valence electrons. The fourth-order valence-corrected chi connectivity index (χ4v) is 7.68. The number of rotatable bonds is 14. The fraction of sp³-hybridized carbons (Fsp3) is 0.537. The minimum absolute atomic E-state index is 0.00236. The van der Waals surface area contributed by atoms with E-state index in [0.29, 0.717) is 17.8 Å². The van der Waals surface area contributed by atoms with E-state index in [1.165, 1.54) is 95.5 Å². The van der Waals surface area contributed by atoms with E-state index in [-0.39, 0.29) is 11.6 Å². The number of carbonyl (C=O) groups excluding carboxylic acids is 1. The molecule has 0 radical (unpaired) electrons. The summed E-state index contributed by atoms with van der Waals surface area (Å²) in [6.45, 7) is 38.7. The zero-order valence-electron chi connectivity index (χ0n) is 41.1. The molecule has 5 rings (SSSR count). The minimum Gasteiger partial charge on any atom is -0.493 e. The molecule has 61 heavy (non-hydrogen) atoms. The van der Waals surface area contributed by atoms with Gasteiger partial charge in [0.25, 0.3) is 0 Å². The topological polar surface area (TPSA) is 88.6 Å². The van der Waals surface area contributed by atoms with Gasteiger partial charge in [-0.25, -0.2) is 9.78 Å². The summed E-state index contributed by atoms with van der Waals surface area (Å²) in [7, 11) is 1.35. The molecule has 7 nitrogen and oxygen atoms in total. The Bertz CT molecular complexity index is 2050. The van der Waals surface area contributed by atoms with Gasteiger partial charge in [-0.15, -0.1) is 0 Å². The van der Waals surface area contributed by atoms with Crippen LogP contribution in [-0.2, 0) is 22.3 Å². The Morgan fingerprint density at radius 1 is 0.902 bits per heavy atom. The van der Waals surface area contributed by atoms with Crippen LogP contribution in [0, 0.1) is 18.8 Å². The number of hydrogen-bond donors (Lipinski definition) is 2. The maximum atomic E-state index is 10.9. The molecule has 2 unspecified atom stereocenters. The van der Waals surface area contributed by atoms with Crippen molar-refractivity contribution < 1.29 is 14.3 Å². The summed E-state index contributed by atoms with van der Waals surface area (Å²) in [4.78, 5) is 24.4. The molecule has 0 bridgehead atoms. The number of H-pyrrole nitrogens is 1. The molecule has 0 aliphatic heterocycles. The first-order valence-corrected chi connectivity index (χ1v) is 22.9. The number of benzene rings is 3. The number of aryl methyl sites for hydroxylation is 3. The van der Waals surface area contributed by atoms with E-state index in [2.05, 4.69) is 112 Å². The van der Waals surface area contributed by atoms with Crippen LogP contribution in [0.4, 0.5) is 10.5 Å². The summed E-state index contributed by atoms with van der Waals surface area (Å²) < 4.78 is 9.73. The largest absolute Gasteiger partial charge is 0.493 e. The highest BCUT2D eigenvalue weighted by molar-refractivity contribution is 6.02. The van der Waals surface area contributed by atoms with E-state index in [9.17, 15) is 4.79 Å². The average Bonchev–Trinajstić information content (AvgIpc) is 3.72. The predicted octanol–water partition coefficient (Wildman–Crippen LogP) is 15.8. The molecule has 0 spiro atoms. The van der Waals surface area contributed by atoms with Crippen molar-refractivity contribution >= 4 is 28.3 Å².